The molecule has 0 fully saturated rings. The van der Waals surface area contributed by atoms with Crippen molar-refractivity contribution >= 4 is 39.5 Å². The molecule has 17 nitrogen and oxygen atoms in total. The lowest BCUT2D eigenvalue weighted by atomic mass is 9.99. The first-order chi connectivity index (χ1) is 49.2. The van der Waals surface area contributed by atoms with Gasteiger partial charge in [0.05, 0.1) is 26.4 Å². The van der Waals surface area contributed by atoms with Crippen molar-refractivity contribution in [3.05, 3.63) is 0 Å². The van der Waals surface area contributed by atoms with Crippen LogP contribution in [0, 0.1) is 23.7 Å². The fourth-order valence-corrected chi connectivity index (χ4v) is 14.3. The molecule has 0 spiro atoms. The van der Waals surface area contributed by atoms with Crippen LogP contribution in [0.2, 0.25) is 0 Å². The van der Waals surface area contributed by atoms with Gasteiger partial charge in [-0.3, -0.25) is 37.3 Å². The van der Waals surface area contributed by atoms with Crippen molar-refractivity contribution in [1.29, 1.82) is 0 Å². The van der Waals surface area contributed by atoms with Gasteiger partial charge in [0.15, 0.2) is 12.2 Å². The molecule has 0 heterocycles. The summed E-state index contributed by atoms with van der Waals surface area (Å²) in [4.78, 5) is 73.2. The average Bonchev–Trinajstić information content (AvgIpc) is 0.921. The summed E-state index contributed by atoms with van der Waals surface area (Å²) in [6.07, 6.45) is 59.4. The zero-order valence-electron chi connectivity index (χ0n) is 67.2. The smallest absolute Gasteiger partial charge is 0.462 e. The fourth-order valence-electron chi connectivity index (χ4n) is 12.7. The molecule has 0 aromatic rings. The third kappa shape index (κ3) is 73.6. The highest BCUT2D eigenvalue weighted by Crippen LogP contribution is 2.45. The molecule has 3 N–H and O–H groups in total. The van der Waals surface area contributed by atoms with E-state index in [0.29, 0.717) is 25.7 Å². The lowest BCUT2D eigenvalue weighted by molar-refractivity contribution is -0.161. The van der Waals surface area contributed by atoms with E-state index in [-0.39, 0.29) is 25.7 Å². The van der Waals surface area contributed by atoms with E-state index < -0.39 is 97.5 Å². The summed E-state index contributed by atoms with van der Waals surface area (Å²) >= 11 is 0. The maximum Gasteiger partial charge on any atom is 0.472 e. The Balaban J connectivity index is 5.28. The predicted molar refractivity (Wildman–Crippen MR) is 418 cm³/mol. The number of phosphoric acid groups is 2. The molecule has 102 heavy (non-hydrogen) atoms. The summed E-state index contributed by atoms with van der Waals surface area (Å²) in [6, 6.07) is 0. The van der Waals surface area contributed by atoms with E-state index in [1.165, 1.54) is 231 Å². The zero-order chi connectivity index (χ0) is 75.3. The molecule has 19 heteroatoms. The maximum absolute atomic E-state index is 13.1. The number of phosphoric ester groups is 2. The van der Waals surface area contributed by atoms with Gasteiger partial charge in [-0.05, 0) is 49.4 Å². The minimum atomic E-state index is -4.96. The number of rotatable bonds is 80. The molecule has 0 rings (SSSR count). The minimum absolute atomic E-state index is 0.106. The molecule has 0 aromatic heterocycles. The molecule has 0 saturated heterocycles. The number of hydrogen-bond acceptors (Lipinski definition) is 15. The second-order valence-corrected chi connectivity index (χ2v) is 34.2. The van der Waals surface area contributed by atoms with Gasteiger partial charge < -0.3 is 33.8 Å². The molecule has 0 aliphatic heterocycles. The number of ether oxygens (including phenoxy) is 4. The van der Waals surface area contributed by atoms with E-state index in [1.807, 2.05) is 0 Å². The standard InChI is InChI=1S/C83H162O17P2/c1-9-75(7)61-53-45-37-29-20-16-12-14-18-22-33-41-49-57-65-82(87)99-78(69-93-80(85)63-55-47-39-31-21-17-13-11-15-19-27-35-43-51-59-73(3)4)71-97-101(89,90)95-67-77(84)68-96-102(91,92)98-72-79(70-94-81(86)64-56-48-40-32-25-23-28-36-44-52-60-74(5)6)100-83(88)66-58-50-42-34-26-24-30-38-46-54-62-76(8)10-2/h73-79,84H,9-72H2,1-8H3,(H,89,90)(H,91,92)/t75?,76?,77-,78-,79-/m1/s1. The molecule has 0 aromatic carbocycles. The summed E-state index contributed by atoms with van der Waals surface area (Å²) in [5, 5.41) is 10.7. The molecule has 0 bridgehead atoms. The Labute approximate surface area is 626 Å². The summed E-state index contributed by atoms with van der Waals surface area (Å²) in [6.45, 7) is 14.4. The molecule has 606 valence electrons. The van der Waals surface area contributed by atoms with Gasteiger partial charge in [0.25, 0.3) is 0 Å². The zero-order valence-corrected chi connectivity index (χ0v) is 69.0. The van der Waals surface area contributed by atoms with E-state index in [9.17, 15) is 43.2 Å². The second-order valence-electron chi connectivity index (χ2n) is 31.3. The van der Waals surface area contributed by atoms with Gasteiger partial charge in [-0.25, -0.2) is 9.13 Å². The molecule has 7 atom stereocenters. The number of esters is 4. The molecule has 0 aliphatic carbocycles. The Bertz CT molecular complexity index is 1990. The average molecular weight is 1490 g/mol. The largest absolute Gasteiger partial charge is 0.472 e. The molecule has 0 radical (unpaired) electrons. The lowest BCUT2D eigenvalue weighted by Gasteiger charge is -2.21. The summed E-state index contributed by atoms with van der Waals surface area (Å²) < 4.78 is 68.8. The number of hydrogen-bond donors (Lipinski definition) is 3. The van der Waals surface area contributed by atoms with Crippen LogP contribution < -0.4 is 0 Å². The third-order valence-electron chi connectivity index (χ3n) is 20.0. The fraction of sp³-hybridized carbons (Fsp3) is 0.952. The lowest BCUT2D eigenvalue weighted by Crippen LogP contribution is -2.30. The van der Waals surface area contributed by atoms with E-state index >= 15 is 0 Å². The van der Waals surface area contributed by atoms with Crippen LogP contribution in [0.4, 0.5) is 0 Å². The first-order valence-electron chi connectivity index (χ1n) is 42.8. The highest BCUT2D eigenvalue weighted by Gasteiger charge is 2.30. The van der Waals surface area contributed by atoms with E-state index in [2.05, 4.69) is 55.4 Å². The summed E-state index contributed by atoms with van der Waals surface area (Å²) in [7, 11) is -9.93. The van der Waals surface area contributed by atoms with Crippen LogP contribution in [0.25, 0.3) is 0 Å². The highest BCUT2D eigenvalue weighted by atomic mass is 31.2. The summed E-state index contributed by atoms with van der Waals surface area (Å²) in [5.74, 6) is 1.10. The summed E-state index contributed by atoms with van der Waals surface area (Å²) in [5.41, 5.74) is 0. The van der Waals surface area contributed by atoms with Crippen LogP contribution in [0.15, 0.2) is 0 Å². The van der Waals surface area contributed by atoms with E-state index in [0.717, 1.165) is 114 Å². The Morgan fingerprint density at radius 2 is 0.471 bits per heavy atom. The Morgan fingerprint density at radius 1 is 0.275 bits per heavy atom. The van der Waals surface area contributed by atoms with Crippen LogP contribution in [0.5, 0.6) is 0 Å². The topological polar surface area (TPSA) is 237 Å². The van der Waals surface area contributed by atoms with Gasteiger partial charge in [-0.1, -0.05) is 376 Å². The number of unbranched alkanes of at least 4 members (excludes halogenated alkanes) is 44. The van der Waals surface area contributed by atoms with Crippen molar-refractivity contribution < 1.29 is 80.2 Å². The predicted octanol–water partition coefficient (Wildman–Crippen LogP) is 24.8. The van der Waals surface area contributed by atoms with Gasteiger partial charge in [0.1, 0.15) is 19.3 Å². The number of aliphatic hydroxyl groups is 1. The van der Waals surface area contributed by atoms with Crippen molar-refractivity contribution in [3.63, 3.8) is 0 Å². The molecular weight excluding hydrogens is 1330 g/mol. The third-order valence-corrected chi connectivity index (χ3v) is 21.9. The van der Waals surface area contributed by atoms with Crippen LogP contribution in [-0.4, -0.2) is 96.7 Å². The van der Waals surface area contributed by atoms with Crippen molar-refractivity contribution in [2.45, 2.75) is 446 Å². The van der Waals surface area contributed by atoms with Crippen molar-refractivity contribution in [1.82, 2.24) is 0 Å². The number of carbonyl (C=O) groups is 4. The van der Waals surface area contributed by atoms with Crippen LogP contribution in [0.1, 0.15) is 428 Å². The van der Waals surface area contributed by atoms with Gasteiger partial charge in [0, 0.05) is 25.7 Å². The van der Waals surface area contributed by atoms with Crippen molar-refractivity contribution in [3.8, 4) is 0 Å². The number of carbonyl (C=O) groups excluding carboxylic acids is 4. The van der Waals surface area contributed by atoms with Gasteiger partial charge in [-0.15, -0.1) is 0 Å². The molecule has 0 amide bonds. The van der Waals surface area contributed by atoms with Crippen LogP contribution in [-0.2, 0) is 65.4 Å². The normalized spacial score (nSPS) is 14.5. The van der Waals surface area contributed by atoms with Crippen molar-refractivity contribution in [2.75, 3.05) is 39.6 Å². The minimum Gasteiger partial charge on any atom is -0.462 e. The Hall–Kier alpha value is -1.94. The quantitative estimate of drug-likeness (QED) is 0.0222. The molecule has 0 aliphatic rings. The monoisotopic (exact) mass is 1490 g/mol. The second kappa shape index (κ2) is 72.0. The first-order valence-corrected chi connectivity index (χ1v) is 45.8. The van der Waals surface area contributed by atoms with E-state index in [1.54, 1.807) is 0 Å². The molecular formula is C83H162O17P2. The van der Waals surface area contributed by atoms with Crippen molar-refractivity contribution in [2.24, 2.45) is 23.7 Å². The van der Waals surface area contributed by atoms with Gasteiger partial charge >= 0.3 is 39.5 Å². The highest BCUT2D eigenvalue weighted by molar-refractivity contribution is 7.47. The van der Waals surface area contributed by atoms with E-state index in [4.69, 9.17) is 37.0 Å². The number of aliphatic hydroxyl groups excluding tert-OH is 1. The SMILES string of the molecule is CCC(C)CCCCCCCCCCCCCCCCC(=O)O[C@H](COC(=O)CCCCCCCCCCCCCCCCC(C)C)COP(=O)(O)OC[C@@H](O)COP(=O)(O)OC[C@@H](COC(=O)CCCCCCCCCCCCC(C)C)OC(=O)CCCCCCCCCCCCC(C)CC. The Kier molecular flexibility index (Phi) is 70.6. The first kappa shape index (κ1) is 100. The maximum atomic E-state index is 13.1. The van der Waals surface area contributed by atoms with Gasteiger partial charge in [-0.2, -0.15) is 0 Å². The molecule has 0 saturated carbocycles. The van der Waals surface area contributed by atoms with Gasteiger partial charge in [0.2, 0.25) is 0 Å². The molecule has 4 unspecified atom stereocenters. The van der Waals surface area contributed by atoms with Crippen LogP contribution >= 0.6 is 15.6 Å². The van der Waals surface area contributed by atoms with Crippen LogP contribution in [0.3, 0.4) is 0 Å². The Morgan fingerprint density at radius 3 is 0.696 bits per heavy atom.